The molecule has 0 saturated heterocycles. The number of aromatic amines is 1. The van der Waals surface area contributed by atoms with Gasteiger partial charge in [0.2, 0.25) is 0 Å². The number of imidazole rings is 1. The van der Waals surface area contributed by atoms with E-state index in [1.165, 1.54) is 11.8 Å². The molecule has 7 heteroatoms. The first-order valence-corrected chi connectivity index (χ1v) is 6.74. The SMILES string of the molecule is O=C(O)CCCCSc1nc2cc(F)c(F)cc2[nH]1. The van der Waals surface area contributed by atoms with Gasteiger partial charge in [0, 0.05) is 24.3 Å². The van der Waals surface area contributed by atoms with Crippen LogP contribution in [0.25, 0.3) is 11.0 Å². The van der Waals surface area contributed by atoms with Gasteiger partial charge in [-0.15, -0.1) is 0 Å². The average Bonchev–Trinajstić information content (AvgIpc) is 2.71. The minimum absolute atomic E-state index is 0.150. The van der Waals surface area contributed by atoms with E-state index in [0.717, 1.165) is 18.6 Å². The second kappa shape index (κ2) is 6.01. The Balaban J connectivity index is 1.92. The van der Waals surface area contributed by atoms with Gasteiger partial charge in [-0.2, -0.15) is 0 Å². The van der Waals surface area contributed by atoms with Crippen molar-refractivity contribution < 1.29 is 18.7 Å². The molecule has 0 radical (unpaired) electrons. The third-order valence-electron chi connectivity index (χ3n) is 2.53. The maximum atomic E-state index is 13.0. The van der Waals surface area contributed by atoms with Crippen molar-refractivity contribution >= 4 is 28.8 Å². The lowest BCUT2D eigenvalue weighted by Gasteiger charge is -1.96. The summed E-state index contributed by atoms with van der Waals surface area (Å²) in [5, 5.41) is 9.06. The third kappa shape index (κ3) is 3.66. The van der Waals surface area contributed by atoms with E-state index in [-0.39, 0.29) is 6.42 Å². The van der Waals surface area contributed by atoms with E-state index >= 15 is 0 Å². The molecule has 0 fully saturated rings. The summed E-state index contributed by atoms with van der Waals surface area (Å²) < 4.78 is 26.0. The van der Waals surface area contributed by atoms with Crippen LogP contribution in [0, 0.1) is 11.6 Å². The predicted molar refractivity (Wildman–Crippen MR) is 68.2 cm³/mol. The zero-order valence-electron chi connectivity index (χ0n) is 9.95. The van der Waals surface area contributed by atoms with Gasteiger partial charge in [-0.3, -0.25) is 4.79 Å². The Kier molecular flexibility index (Phi) is 4.36. The van der Waals surface area contributed by atoms with E-state index in [1.807, 2.05) is 0 Å². The highest BCUT2D eigenvalue weighted by atomic mass is 32.2. The number of carbonyl (C=O) groups is 1. The molecular formula is C12H12F2N2O2S. The zero-order chi connectivity index (χ0) is 13.8. The van der Waals surface area contributed by atoms with Crippen molar-refractivity contribution in [1.29, 1.82) is 0 Å². The van der Waals surface area contributed by atoms with Crippen molar-refractivity contribution in [2.45, 2.75) is 24.4 Å². The summed E-state index contributed by atoms with van der Waals surface area (Å²) in [5.41, 5.74) is 0.832. The van der Waals surface area contributed by atoms with Gasteiger partial charge in [-0.05, 0) is 12.8 Å². The molecule has 0 aliphatic carbocycles. The normalized spacial score (nSPS) is 11.1. The van der Waals surface area contributed by atoms with Gasteiger partial charge in [0.05, 0.1) is 11.0 Å². The molecule has 2 rings (SSSR count). The van der Waals surface area contributed by atoms with Gasteiger partial charge >= 0.3 is 5.97 Å². The van der Waals surface area contributed by atoms with E-state index in [2.05, 4.69) is 9.97 Å². The number of fused-ring (bicyclic) bond motifs is 1. The lowest BCUT2D eigenvalue weighted by molar-refractivity contribution is -0.137. The third-order valence-corrected chi connectivity index (χ3v) is 3.49. The van der Waals surface area contributed by atoms with E-state index < -0.39 is 17.6 Å². The smallest absolute Gasteiger partial charge is 0.303 e. The summed E-state index contributed by atoms with van der Waals surface area (Å²) in [6.07, 6.45) is 1.50. The summed E-state index contributed by atoms with van der Waals surface area (Å²) >= 11 is 1.41. The van der Waals surface area contributed by atoms with Crippen LogP contribution in [0.4, 0.5) is 8.78 Å². The summed E-state index contributed by atoms with van der Waals surface area (Å²) in [5.74, 6) is -1.93. The fourth-order valence-electron chi connectivity index (χ4n) is 1.60. The molecule has 0 saturated carbocycles. The fraction of sp³-hybridized carbons (Fsp3) is 0.333. The Morgan fingerprint density at radius 3 is 2.79 bits per heavy atom. The van der Waals surface area contributed by atoms with Crippen LogP contribution in [0.5, 0.6) is 0 Å². The maximum Gasteiger partial charge on any atom is 0.303 e. The molecule has 0 spiro atoms. The number of nitrogens with one attached hydrogen (secondary N) is 1. The molecular weight excluding hydrogens is 274 g/mol. The van der Waals surface area contributed by atoms with Crippen molar-refractivity contribution in [3.05, 3.63) is 23.8 Å². The first kappa shape index (κ1) is 13.8. The number of aliphatic carboxylic acids is 1. The second-order valence-corrected chi connectivity index (χ2v) is 5.11. The molecule has 2 aromatic rings. The van der Waals surface area contributed by atoms with Gasteiger partial charge in [0.25, 0.3) is 0 Å². The van der Waals surface area contributed by atoms with Crippen LogP contribution in [0.15, 0.2) is 17.3 Å². The standard InChI is InChI=1S/C12H12F2N2O2S/c13-7-5-9-10(6-8(7)14)16-12(15-9)19-4-2-1-3-11(17)18/h5-6H,1-4H2,(H,15,16)(H,17,18). The average molecular weight is 286 g/mol. The van der Waals surface area contributed by atoms with Crippen molar-refractivity contribution in [2.75, 3.05) is 5.75 Å². The first-order valence-electron chi connectivity index (χ1n) is 5.75. The minimum Gasteiger partial charge on any atom is -0.481 e. The Morgan fingerprint density at radius 2 is 2.05 bits per heavy atom. The molecule has 1 aromatic carbocycles. The molecule has 0 aliphatic rings. The molecule has 0 atom stereocenters. The van der Waals surface area contributed by atoms with Crippen molar-refractivity contribution in [3.63, 3.8) is 0 Å². The number of carboxylic acids is 1. The topological polar surface area (TPSA) is 66.0 Å². The number of nitrogens with zero attached hydrogens (tertiary/aromatic N) is 1. The number of benzene rings is 1. The molecule has 0 bridgehead atoms. The van der Waals surface area contributed by atoms with E-state index in [9.17, 15) is 13.6 Å². The highest BCUT2D eigenvalue weighted by Crippen LogP contribution is 2.22. The number of unbranched alkanes of at least 4 members (excludes halogenated alkanes) is 1. The Morgan fingerprint density at radius 1 is 1.32 bits per heavy atom. The highest BCUT2D eigenvalue weighted by molar-refractivity contribution is 7.99. The predicted octanol–water partition coefficient (Wildman–Crippen LogP) is 3.19. The molecule has 0 amide bonds. The lowest BCUT2D eigenvalue weighted by Crippen LogP contribution is -1.94. The van der Waals surface area contributed by atoms with Crippen LogP contribution < -0.4 is 0 Å². The maximum absolute atomic E-state index is 13.0. The monoisotopic (exact) mass is 286 g/mol. The van der Waals surface area contributed by atoms with Crippen molar-refractivity contribution in [3.8, 4) is 0 Å². The fourth-order valence-corrected chi connectivity index (χ4v) is 2.48. The van der Waals surface area contributed by atoms with Gasteiger partial charge < -0.3 is 10.1 Å². The van der Waals surface area contributed by atoms with Crippen LogP contribution in [0.2, 0.25) is 0 Å². The van der Waals surface area contributed by atoms with Gasteiger partial charge in [0.1, 0.15) is 0 Å². The molecule has 4 nitrogen and oxygen atoms in total. The molecule has 0 aliphatic heterocycles. The lowest BCUT2D eigenvalue weighted by atomic mass is 10.3. The molecule has 1 aromatic heterocycles. The number of aromatic nitrogens is 2. The molecule has 2 N–H and O–H groups in total. The number of rotatable bonds is 6. The zero-order valence-corrected chi connectivity index (χ0v) is 10.8. The summed E-state index contributed by atoms with van der Waals surface area (Å²) in [6.45, 7) is 0. The Labute approximate surface area is 112 Å². The minimum atomic E-state index is -0.919. The van der Waals surface area contributed by atoms with Crippen LogP contribution in [0.3, 0.4) is 0 Å². The summed E-state index contributed by atoms with van der Waals surface area (Å²) in [7, 11) is 0. The first-order chi connectivity index (χ1) is 9.06. The Hall–Kier alpha value is -1.63. The number of carboxylic acid groups (broad SMARTS) is 1. The summed E-state index contributed by atoms with van der Waals surface area (Å²) in [6, 6.07) is 2.13. The number of hydrogen-bond donors (Lipinski definition) is 2. The quantitative estimate of drug-likeness (QED) is 0.632. The molecule has 1 heterocycles. The number of hydrogen-bond acceptors (Lipinski definition) is 3. The largest absolute Gasteiger partial charge is 0.481 e. The van der Waals surface area contributed by atoms with Crippen LogP contribution in [-0.4, -0.2) is 26.8 Å². The van der Waals surface area contributed by atoms with Crippen LogP contribution in [0.1, 0.15) is 19.3 Å². The van der Waals surface area contributed by atoms with Gasteiger partial charge in [-0.25, -0.2) is 13.8 Å². The van der Waals surface area contributed by atoms with Crippen molar-refractivity contribution in [1.82, 2.24) is 9.97 Å². The van der Waals surface area contributed by atoms with Crippen molar-refractivity contribution in [2.24, 2.45) is 0 Å². The molecule has 0 unspecified atom stereocenters. The van der Waals surface area contributed by atoms with Gasteiger partial charge in [-0.1, -0.05) is 11.8 Å². The van der Waals surface area contributed by atoms with E-state index in [0.29, 0.717) is 28.4 Å². The van der Waals surface area contributed by atoms with Crippen LogP contribution in [-0.2, 0) is 4.79 Å². The molecule has 19 heavy (non-hydrogen) atoms. The van der Waals surface area contributed by atoms with E-state index in [4.69, 9.17) is 5.11 Å². The second-order valence-electron chi connectivity index (χ2n) is 4.02. The number of thioether (sulfide) groups is 1. The number of halogens is 2. The highest BCUT2D eigenvalue weighted by Gasteiger charge is 2.08. The Bertz CT molecular complexity index is 562. The van der Waals surface area contributed by atoms with Gasteiger partial charge in [0.15, 0.2) is 16.8 Å². The van der Waals surface area contributed by atoms with E-state index in [1.54, 1.807) is 0 Å². The van der Waals surface area contributed by atoms with Crippen LogP contribution >= 0.6 is 11.8 Å². The molecule has 102 valence electrons. The number of H-pyrrole nitrogens is 1. The summed E-state index contributed by atoms with van der Waals surface area (Å²) in [4.78, 5) is 17.3.